The van der Waals surface area contributed by atoms with Crippen LogP contribution in [-0.4, -0.2) is 17.6 Å². The van der Waals surface area contributed by atoms with Crippen molar-refractivity contribution in [2.24, 2.45) is 0 Å². The van der Waals surface area contributed by atoms with Gasteiger partial charge in [-0.05, 0) is 55.9 Å². The van der Waals surface area contributed by atoms with Crippen LogP contribution in [0.2, 0.25) is 0 Å². The lowest BCUT2D eigenvalue weighted by atomic mass is 9.95. The highest BCUT2D eigenvalue weighted by molar-refractivity contribution is 7.80. The molecule has 26 heavy (non-hydrogen) atoms. The summed E-state index contributed by atoms with van der Waals surface area (Å²) in [5.74, 6) is 0.595. The van der Waals surface area contributed by atoms with Crippen molar-refractivity contribution in [2.75, 3.05) is 11.9 Å². The summed E-state index contributed by atoms with van der Waals surface area (Å²) in [6.45, 7) is 4.39. The van der Waals surface area contributed by atoms with Crippen molar-refractivity contribution in [3.63, 3.8) is 0 Å². The summed E-state index contributed by atoms with van der Waals surface area (Å²) in [5.41, 5.74) is 3.04. The van der Waals surface area contributed by atoms with Gasteiger partial charge in [0.15, 0.2) is 5.11 Å². The third-order valence-corrected chi connectivity index (χ3v) is 4.29. The molecule has 0 saturated carbocycles. The van der Waals surface area contributed by atoms with Gasteiger partial charge in [-0.25, -0.2) is 0 Å². The first kappa shape index (κ1) is 17.9. The second kappa shape index (κ2) is 8.01. The van der Waals surface area contributed by atoms with E-state index in [2.05, 4.69) is 16.0 Å². The van der Waals surface area contributed by atoms with Gasteiger partial charge in [-0.15, -0.1) is 0 Å². The molecule has 1 aliphatic rings. The zero-order valence-electron chi connectivity index (χ0n) is 14.7. The quantitative estimate of drug-likeness (QED) is 0.706. The molecule has 0 saturated heterocycles. The van der Waals surface area contributed by atoms with E-state index in [1.54, 1.807) is 0 Å². The Balaban J connectivity index is 1.85. The number of rotatable bonds is 5. The number of hydrogen-bond donors (Lipinski definition) is 3. The van der Waals surface area contributed by atoms with Crippen molar-refractivity contribution in [2.45, 2.75) is 19.9 Å². The van der Waals surface area contributed by atoms with Crippen LogP contribution in [0.15, 0.2) is 65.9 Å². The van der Waals surface area contributed by atoms with E-state index in [9.17, 15) is 4.79 Å². The monoisotopic (exact) mass is 367 g/mol. The zero-order valence-corrected chi connectivity index (χ0v) is 15.5. The number of carbonyl (C=O) groups is 1. The molecule has 5 nitrogen and oxygen atoms in total. The van der Waals surface area contributed by atoms with Gasteiger partial charge in [0.25, 0.3) is 5.91 Å². The molecule has 3 N–H and O–H groups in total. The molecule has 0 aliphatic carbocycles. The summed E-state index contributed by atoms with van der Waals surface area (Å²) in [6.07, 6.45) is 0. The lowest BCUT2D eigenvalue weighted by molar-refractivity contribution is -0.113. The second-order valence-electron chi connectivity index (χ2n) is 5.89. The van der Waals surface area contributed by atoms with Crippen molar-refractivity contribution < 1.29 is 9.53 Å². The molecule has 2 aromatic rings. The molecule has 1 aliphatic heterocycles. The average molecular weight is 367 g/mol. The molecule has 1 heterocycles. The maximum absolute atomic E-state index is 13.0. The summed E-state index contributed by atoms with van der Waals surface area (Å²) in [5, 5.41) is 9.69. The zero-order chi connectivity index (χ0) is 18.5. The van der Waals surface area contributed by atoms with Crippen LogP contribution in [0, 0.1) is 0 Å². The predicted octanol–water partition coefficient (Wildman–Crippen LogP) is 3.52. The molecule has 1 atom stereocenters. The van der Waals surface area contributed by atoms with E-state index < -0.39 is 0 Å². The van der Waals surface area contributed by atoms with E-state index in [0.29, 0.717) is 23.0 Å². The van der Waals surface area contributed by atoms with Crippen molar-refractivity contribution >= 4 is 28.9 Å². The summed E-state index contributed by atoms with van der Waals surface area (Å²) in [7, 11) is 0. The third-order valence-electron chi connectivity index (χ3n) is 4.07. The minimum atomic E-state index is -0.298. The Morgan fingerprint density at radius 3 is 2.50 bits per heavy atom. The number of benzene rings is 2. The lowest BCUT2D eigenvalue weighted by Gasteiger charge is -2.30. The lowest BCUT2D eigenvalue weighted by Crippen LogP contribution is -2.45. The largest absolute Gasteiger partial charge is 0.494 e. The van der Waals surface area contributed by atoms with Gasteiger partial charge >= 0.3 is 0 Å². The normalized spacial score (nSPS) is 16.5. The molecule has 0 unspecified atom stereocenters. The van der Waals surface area contributed by atoms with Gasteiger partial charge in [0, 0.05) is 11.4 Å². The van der Waals surface area contributed by atoms with Crippen LogP contribution in [-0.2, 0) is 4.79 Å². The summed E-state index contributed by atoms with van der Waals surface area (Å²) in [6, 6.07) is 16.8. The fourth-order valence-electron chi connectivity index (χ4n) is 2.89. The van der Waals surface area contributed by atoms with Gasteiger partial charge in [0.1, 0.15) is 5.75 Å². The van der Waals surface area contributed by atoms with Gasteiger partial charge in [-0.1, -0.05) is 30.3 Å². The summed E-state index contributed by atoms with van der Waals surface area (Å²) < 4.78 is 5.43. The Morgan fingerprint density at radius 2 is 1.85 bits per heavy atom. The molecular weight excluding hydrogens is 346 g/mol. The smallest absolute Gasteiger partial charge is 0.255 e. The van der Waals surface area contributed by atoms with Crippen LogP contribution in [0.3, 0.4) is 0 Å². The van der Waals surface area contributed by atoms with E-state index in [0.717, 1.165) is 17.0 Å². The fraction of sp³-hybridized carbons (Fsp3) is 0.200. The number of carbonyl (C=O) groups excluding carboxylic acids is 1. The standard InChI is InChI=1S/C20H21N3O2S/c1-3-25-16-11-9-15(10-12-16)22-19(24)17-13(2)21-20(26)23-18(17)14-7-5-4-6-8-14/h4-12,18H,3H2,1-2H3,(H,22,24)(H2,21,23,26)/t18-/m1/s1. The molecular formula is C20H21N3O2S. The fourth-order valence-corrected chi connectivity index (χ4v) is 3.16. The third kappa shape index (κ3) is 4.03. The Bertz CT molecular complexity index is 832. The minimum absolute atomic E-state index is 0.178. The molecule has 1 amide bonds. The molecule has 0 bridgehead atoms. The first-order valence-corrected chi connectivity index (χ1v) is 8.86. The van der Waals surface area contributed by atoms with Crippen molar-refractivity contribution in [1.82, 2.24) is 10.6 Å². The molecule has 0 radical (unpaired) electrons. The van der Waals surface area contributed by atoms with Gasteiger partial charge in [0.2, 0.25) is 0 Å². The Kier molecular flexibility index (Phi) is 5.53. The van der Waals surface area contributed by atoms with E-state index >= 15 is 0 Å². The average Bonchev–Trinajstić information content (AvgIpc) is 2.63. The molecule has 3 rings (SSSR count). The van der Waals surface area contributed by atoms with Gasteiger partial charge in [-0.2, -0.15) is 0 Å². The van der Waals surface area contributed by atoms with Gasteiger partial charge < -0.3 is 20.7 Å². The van der Waals surface area contributed by atoms with Crippen LogP contribution in [0.25, 0.3) is 0 Å². The molecule has 6 heteroatoms. The molecule has 2 aromatic carbocycles. The summed E-state index contributed by atoms with van der Waals surface area (Å²) in [4.78, 5) is 13.0. The number of allylic oxidation sites excluding steroid dienone is 1. The minimum Gasteiger partial charge on any atom is -0.494 e. The molecule has 134 valence electrons. The maximum atomic E-state index is 13.0. The molecule has 0 fully saturated rings. The van der Waals surface area contributed by atoms with E-state index in [-0.39, 0.29) is 11.9 Å². The number of hydrogen-bond acceptors (Lipinski definition) is 3. The Hall–Kier alpha value is -2.86. The molecule has 0 aromatic heterocycles. The number of thiocarbonyl (C=S) groups is 1. The van der Waals surface area contributed by atoms with E-state index in [4.69, 9.17) is 17.0 Å². The summed E-state index contributed by atoms with van der Waals surface area (Å²) >= 11 is 5.27. The van der Waals surface area contributed by atoms with E-state index in [1.807, 2.05) is 68.4 Å². The topological polar surface area (TPSA) is 62.4 Å². The van der Waals surface area contributed by atoms with Crippen LogP contribution >= 0.6 is 12.2 Å². The maximum Gasteiger partial charge on any atom is 0.255 e. The van der Waals surface area contributed by atoms with Crippen LogP contribution in [0.5, 0.6) is 5.75 Å². The second-order valence-corrected chi connectivity index (χ2v) is 6.30. The van der Waals surface area contributed by atoms with Crippen LogP contribution in [0.1, 0.15) is 25.5 Å². The number of ether oxygens (including phenoxy) is 1. The van der Waals surface area contributed by atoms with Crippen molar-refractivity contribution in [3.8, 4) is 5.75 Å². The molecule has 0 spiro atoms. The van der Waals surface area contributed by atoms with Gasteiger partial charge in [-0.3, -0.25) is 4.79 Å². The first-order chi connectivity index (χ1) is 12.6. The van der Waals surface area contributed by atoms with Crippen molar-refractivity contribution in [1.29, 1.82) is 0 Å². The highest BCUT2D eigenvalue weighted by Crippen LogP contribution is 2.28. The highest BCUT2D eigenvalue weighted by atomic mass is 32.1. The Morgan fingerprint density at radius 1 is 1.15 bits per heavy atom. The highest BCUT2D eigenvalue weighted by Gasteiger charge is 2.29. The number of anilines is 1. The Labute approximate surface area is 158 Å². The number of nitrogens with one attached hydrogen (secondary N) is 3. The number of amides is 1. The van der Waals surface area contributed by atoms with Crippen LogP contribution in [0.4, 0.5) is 5.69 Å². The van der Waals surface area contributed by atoms with Gasteiger partial charge in [0.05, 0.1) is 18.2 Å². The first-order valence-electron chi connectivity index (χ1n) is 8.46. The predicted molar refractivity (Wildman–Crippen MR) is 107 cm³/mol. The SMILES string of the molecule is CCOc1ccc(NC(=O)C2=C(C)NC(=S)N[C@@H]2c2ccccc2)cc1. The van der Waals surface area contributed by atoms with Crippen molar-refractivity contribution in [3.05, 3.63) is 71.4 Å². The van der Waals surface area contributed by atoms with E-state index in [1.165, 1.54) is 0 Å². The van der Waals surface area contributed by atoms with Crippen LogP contribution < -0.4 is 20.7 Å².